The Kier molecular flexibility index (Phi) is 4.06. The van der Waals surface area contributed by atoms with Crippen LogP contribution in [0, 0.1) is 12.8 Å². The number of nitrogens with zero attached hydrogens (tertiary/aromatic N) is 2. The van der Waals surface area contributed by atoms with Crippen molar-refractivity contribution in [2.45, 2.75) is 38.6 Å². The van der Waals surface area contributed by atoms with E-state index in [4.69, 9.17) is 5.73 Å². The van der Waals surface area contributed by atoms with E-state index in [0.29, 0.717) is 23.0 Å². The van der Waals surface area contributed by atoms with Crippen molar-refractivity contribution in [3.8, 4) is 0 Å². The molecule has 3 N–H and O–H groups in total. The number of aromatic nitrogens is 2. The smallest absolute Gasteiger partial charge is 0.265 e. The monoisotopic (exact) mass is 254 g/mol. The number of aryl methyl sites for hydroxylation is 1. The highest BCUT2D eigenvalue weighted by molar-refractivity contribution is 7.08. The maximum atomic E-state index is 12.0. The lowest BCUT2D eigenvalue weighted by molar-refractivity contribution is 0.0911. The average Bonchev–Trinajstić information content (AvgIpc) is 2.76. The molecular weight excluding hydrogens is 236 g/mol. The van der Waals surface area contributed by atoms with E-state index in [2.05, 4.69) is 14.9 Å². The Balaban J connectivity index is 2.00. The molecular formula is C11H18N4OS. The third-order valence-electron chi connectivity index (χ3n) is 3.39. The molecule has 5 nitrogen and oxygen atoms in total. The first-order chi connectivity index (χ1) is 8.22. The van der Waals surface area contributed by atoms with Gasteiger partial charge in [-0.15, -0.1) is 5.10 Å². The van der Waals surface area contributed by atoms with Crippen molar-refractivity contribution in [1.82, 2.24) is 14.9 Å². The van der Waals surface area contributed by atoms with Crippen molar-refractivity contribution in [1.29, 1.82) is 0 Å². The molecule has 1 saturated carbocycles. The van der Waals surface area contributed by atoms with E-state index in [1.165, 1.54) is 12.8 Å². The summed E-state index contributed by atoms with van der Waals surface area (Å²) in [5.41, 5.74) is 6.45. The molecule has 0 spiro atoms. The third-order valence-corrected chi connectivity index (χ3v) is 4.21. The maximum absolute atomic E-state index is 12.0. The zero-order valence-corrected chi connectivity index (χ0v) is 10.8. The zero-order valence-electron chi connectivity index (χ0n) is 9.98. The van der Waals surface area contributed by atoms with Crippen LogP contribution in [0.1, 0.15) is 41.0 Å². The van der Waals surface area contributed by atoms with Gasteiger partial charge in [0.1, 0.15) is 4.88 Å². The maximum Gasteiger partial charge on any atom is 0.265 e. The number of nitrogens with one attached hydrogen (secondary N) is 1. The Labute approximate surface area is 105 Å². The number of amides is 1. The van der Waals surface area contributed by atoms with Gasteiger partial charge in [-0.3, -0.25) is 4.79 Å². The first-order valence-corrected chi connectivity index (χ1v) is 6.79. The molecule has 0 bridgehead atoms. The molecule has 1 heterocycles. The van der Waals surface area contributed by atoms with E-state index >= 15 is 0 Å². The summed E-state index contributed by atoms with van der Waals surface area (Å²) in [7, 11) is 0. The van der Waals surface area contributed by atoms with Crippen LogP contribution < -0.4 is 11.1 Å². The largest absolute Gasteiger partial charge is 0.348 e. The minimum atomic E-state index is -0.0529. The molecule has 0 aliphatic heterocycles. The highest BCUT2D eigenvalue weighted by atomic mass is 32.1. The van der Waals surface area contributed by atoms with Gasteiger partial charge in [0.15, 0.2) is 0 Å². The second-order valence-electron chi connectivity index (χ2n) is 4.55. The van der Waals surface area contributed by atoms with Gasteiger partial charge in [0.25, 0.3) is 5.91 Å². The SMILES string of the molecule is Cc1nnsc1C(=O)NC1CCCCC1CN. The fourth-order valence-electron chi connectivity index (χ4n) is 2.35. The number of carbonyl (C=O) groups is 1. The number of rotatable bonds is 3. The zero-order chi connectivity index (χ0) is 12.3. The first kappa shape index (κ1) is 12.4. The van der Waals surface area contributed by atoms with Gasteiger partial charge in [0.2, 0.25) is 0 Å². The van der Waals surface area contributed by atoms with Crippen LogP contribution in [-0.2, 0) is 0 Å². The summed E-state index contributed by atoms with van der Waals surface area (Å²) in [5, 5.41) is 6.93. The van der Waals surface area contributed by atoms with Crippen molar-refractivity contribution >= 4 is 17.4 Å². The van der Waals surface area contributed by atoms with E-state index in [1.54, 1.807) is 6.92 Å². The molecule has 1 fully saturated rings. The lowest BCUT2D eigenvalue weighted by Gasteiger charge is -2.31. The highest BCUT2D eigenvalue weighted by Crippen LogP contribution is 2.24. The Morgan fingerprint density at radius 1 is 1.53 bits per heavy atom. The average molecular weight is 254 g/mol. The molecule has 2 unspecified atom stereocenters. The van der Waals surface area contributed by atoms with Crippen LogP contribution >= 0.6 is 11.5 Å². The normalized spacial score (nSPS) is 24.6. The van der Waals surface area contributed by atoms with Crippen LogP contribution in [0.5, 0.6) is 0 Å². The van der Waals surface area contributed by atoms with E-state index in [0.717, 1.165) is 24.4 Å². The third kappa shape index (κ3) is 2.81. The number of hydrogen-bond acceptors (Lipinski definition) is 5. The summed E-state index contributed by atoms with van der Waals surface area (Å²) in [6.45, 7) is 2.45. The van der Waals surface area contributed by atoms with Crippen LogP contribution in [0.2, 0.25) is 0 Å². The summed E-state index contributed by atoms with van der Waals surface area (Å²) >= 11 is 1.15. The van der Waals surface area contributed by atoms with Gasteiger partial charge in [-0.05, 0) is 43.8 Å². The van der Waals surface area contributed by atoms with Crippen LogP contribution in [0.3, 0.4) is 0 Å². The molecule has 6 heteroatoms. The molecule has 17 heavy (non-hydrogen) atoms. The van der Waals surface area contributed by atoms with E-state index in [9.17, 15) is 4.79 Å². The fraction of sp³-hybridized carbons (Fsp3) is 0.727. The predicted octanol–water partition coefficient (Wildman–Crippen LogP) is 1.09. The fourth-order valence-corrected chi connectivity index (χ4v) is 2.91. The molecule has 1 aromatic heterocycles. The van der Waals surface area contributed by atoms with E-state index in [-0.39, 0.29) is 11.9 Å². The van der Waals surface area contributed by atoms with Gasteiger partial charge in [0, 0.05) is 6.04 Å². The second kappa shape index (κ2) is 5.55. The van der Waals surface area contributed by atoms with Crippen molar-refractivity contribution < 1.29 is 4.79 Å². The van der Waals surface area contributed by atoms with E-state index in [1.807, 2.05) is 0 Å². The van der Waals surface area contributed by atoms with Gasteiger partial charge >= 0.3 is 0 Å². The molecule has 1 aliphatic carbocycles. The van der Waals surface area contributed by atoms with E-state index < -0.39 is 0 Å². The summed E-state index contributed by atoms with van der Waals surface area (Å²) in [4.78, 5) is 12.7. The standard InChI is InChI=1S/C11H18N4OS/c1-7-10(17-15-14-7)11(16)13-9-5-3-2-4-8(9)6-12/h8-9H,2-6,12H2,1H3,(H,13,16). The molecule has 1 aromatic rings. The van der Waals surface area contributed by atoms with Crippen LogP contribution in [0.25, 0.3) is 0 Å². The highest BCUT2D eigenvalue weighted by Gasteiger charge is 2.26. The lowest BCUT2D eigenvalue weighted by atomic mass is 9.84. The van der Waals surface area contributed by atoms with Crippen molar-refractivity contribution in [3.05, 3.63) is 10.6 Å². The molecule has 2 atom stereocenters. The topological polar surface area (TPSA) is 80.9 Å². The molecule has 94 valence electrons. The van der Waals surface area contributed by atoms with Crippen molar-refractivity contribution in [3.63, 3.8) is 0 Å². The Hall–Kier alpha value is -1.01. The number of carbonyl (C=O) groups excluding carboxylic acids is 1. The van der Waals surface area contributed by atoms with Gasteiger partial charge in [-0.2, -0.15) is 0 Å². The Morgan fingerprint density at radius 2 is 2.29 bits per heavy atom. The molecule has 2 rings (SSSR count). The van der Waals surface area contributed by atoms with Crippen LogP contribution in [-0.4, -0.2) is 28.1 Å². The van der Waals surface area contributed by atoms with Crippen molar-refractivity contribution in [2.24, 2.45) is 11.7 Å². The van der Waals surface area contributed by atoms with Crippen LogP contribution in [0.15, 0.2) is 0 Å². The van der Waals surface area contributed by atoms with Gasteiger partial charge in [-0.1, -0.05) is 17.3 Å². The molecule has 0 aromatic carbocycles. The van der Waals surface area contributed by atoms with Gasteiger partial charge in [-0.25, -0.2) is 0 Å². The summed E-state index contributed by atoms with van der Waals surface area (Å²) < 4.78 is 3.78. The first-order valence-electron chi connectivity index (χ1n) is 6.02. The molecule has 0 radical (unpaired) electrons. The molecule has 0 saturated heterocycles. The van der Waals surface area contributed by atoms with Gasteiger partial charge < -0.3 is 11.1 Å². The summed E-state index contributed by atoms with van der Waals surface area (Å²) in [5.74, 6) is 0.358. The van der Waals surface area contributed by atoms with Crippen LogP contribution in [0.4, 0.5) is 0 Å². The quantitative estimate of drug-likeness (QED) is 0.846. The number of nitrogens with two attached hydrogens (primary N) is 1. The summed E-state index contributed by atoms with van der Waals surface area (Å²) in [6, 6.07) is 0.211. The molecule has 1 aliphatic rings. The minimum absolute atomic E-state index is 0.0529. The van der Waals surface area contributed by atoms with Crippen molar-refractivity contribution in [2.75, 3.05) is 6.54 Å². The lowest BCUT2D eigenvalue weighted by Crippen LogP contribution is -2.44. The molecule has 1 amide bonds. The minimum Gasteiger partial charge on any atom is -0.348 e. The van der Waals surface area contributed by atoms with Gasteiger partial charge in [0.05, 0.1) is 5.69 Å². The Morgan fingerprint density at radius 3 is 2.94 bits per heavy atom. The predicted molar refractivity (Wildman–Crippen MR) is 66.9 cm³/mol. The summed E-state index contributed by atoms with van der Waals surface area (Å²) in [6.07, 6.45) is 4.52. The Bertz CT molecular complexity index is 393. The number of hydrogen-bond donors (Lipinski definition) is 2. The second-order valence-corrected chi connectivity index (χ2v) is 5.30.